The Morgan fingerprint density at radius 2 is 1.89 bits per heavy atom. The van der Waals surface area contributed by atoms with Crippen molar-refractivity contribution < 1.29 is 0 Å². The van der Waals surface area contributed by atoms with Gasteiger partial charge in [-0.2, -0.15) is 0 Å². The summed E-state index contributed by atoms with van der Waals surface area (Å²) in [4.78, 5) is 2.56. The van der Waals surface area contributed by atoms with Gasteiger partial charge in [0, 0.05) is 29.6 Å². The van der Waals surface area contributed by atoms with Gasteiger partial charge in [-0.1, -0.05) is 28.1 Å². The summed E-state index contributed by atoms with van der Waals surface area (Å²) in [5, 5.41) is 0. The van der Waals surface area contributed by atoms with Crippen molar-refractivity contribution in [1.82, 2.24) is 4.90 Å². The first-order chi connectivity index (χ1) is 8.61. The second-order valence-corrected chi connectivity index (χ2v) is 6.45. The molecule has 1 unspecified atom stereocenters. The normalized spacial score (nSPS) is 17.4. The molecule has 0 aliphatic heterocycles. The number of benzene rings is 1. The van der Waals surface area contributed by atoms with Gasteiger partial charge in [-0.25, -0.2) is 0 Å². The van der Waals surface area contributed by atoms with Gasteiger partial charge in [-0.05, 0) is 50.3 Å². The zero-order chi connectivity index (χ0) is 13.1. The molecule has 0 amide bonds. The molecule has 0 bridgehead atoms. The summed E-state index contributed by atoms with van der Waals surface area (Å²) in [5.74, 6) is 0.900. The van der Waals surface area contributed by atoms with Crippen LogP contribution in [0.15, 0.2) is 28.7 Å². The Morgan fingerprint density at radius 1 is 1.28 bits per heavy atom. The fourth-order valence-corrected chi connectivity index (χ4v) is 2.71. The van der Waals surface area contributed by atoms with Gasteiger partial charge in [0.1, 0.15) is 0 Å². The maximum Gasteiger partial charge on any atom is 0.0473 e. The first kappa shape index (κ1) is 14.0. The van der Waals surface area contributed by atoms with Gasteiger partial charge in [0.15, 0.2) is 0 Å². The van der Waals surface area contributed by atoms with Crippen molar-refractivity contribution in [3.63, 3.8) is 0 Å². The van der Waals surface area contributed by atoms with Gasteiger partial charge < -0.3 is 5.73 Å². The lowest BCUT2D eigenvalue weighted by Gasteiger charge is -2.34. The third kappa shape index (κ3) is 3.56. The van der Waals surface area contributed by atoms with Gasteiger partial charge in [0.2, 0.25) is 0 Å². The van der Waals surface area contributed by atoms with E-state index in [0.717, 1.165) is 10.4 Å². The van der Waals surface area contributed by atoms with Crippen LogP contribution in [0.2, 0.25) is 0 Å². The Bertz CT molecular complexity index is 371. The summed E-state index contributed by atoms with van der Waals surface area (Å²) in [5.41, 5.74) is 7.35. The van der Waals surface area contributed by atoms with Crippen molar-refractivity contribution in [2.24, 2.45) is 11.7 Å². The summed E-state index contributed by atoms with van der Waals surface area (Å²) in [7, 11) is 0. The van der Waals surface area contributed by atoms with Crippen molar-refractivity contribution in [3.05, 3.63) is 34.3 Å². The van der Waals surface area contributed by atoms with Crippen molar-refractivity contribution in [1.29, 1.82) is 0 Å². The van der Waals surface area contributed by atoms with Crippen molar-refractivity contribution in [3.8, 4) is 0 Å². The first-order valence-corrected chi connectivity index (χ1v) is 7.62. The summed E-state index contributed by atoms with van der Waals surface area (Å²) >= 11 is 3.49. The lowest BCUT2D eigenvalue weighted by molar-refractivity contribution is 0.149. The molecule has 2 nitrogen and oxygen atoms in total. The smallest absolute Gasteiger partial charge is 0.0473 e. The van der Waals surface area contributed by atoms with Crippen LogP contribution in [0.5, 0.6) is 0 Å². The minimum absolute atomic E-state index is 0.346. The SMILES string of the molecule is CC(C)N(CC1CC1)C(CN)c1ccc(Br)cc1. The fraction of sp³-hybridized carbons (Fsp3) is 0.600. The van der Waals surface area contributed by atoms with Gasteiger partial charge in [-0.15, -0.1) is 0 Å². The van der Waals surface area contributed by atoms with Crippen molar-refractivity contribution in [2.75, 3.05) is 13.1 Å². The van der Waals surface area contributed by atoms with Gasteiger partial charge in [0.25, 0.3) is 0 Å². The number of nitrogens with zero attached hydrogens (tertiary/aromatic N) is 1. The number of hydrogen-bond acceptors (Lipinski definition) is 2. The highest BCUT2D eigenvalue weighted by molar-refractivity contribution is 9.10. The van der Waals surface area contributed by atoms with E-state index >= 15 is 0 Å². The second kappa shape index (κ2) is 6.18. The molecule has 2 rings (SSSR count). The molecule has 0 aromatic heterocycles. The Labute approximate surface area is 119 Å². The number of halogens is 1. The molecule has 0 heterocycles. The van der Waals surface area contributed by atoms with Gasteiger partial charge in [0.05, 0.1) is 0 Å². The van der Waals surface area contributed by atoms with Crippen LogP contribution >= 0.6 is 15.9 Å². The molecule has 2 N–H and O–H groups in total. The first-order valence-electron chi connectivity index (χ1n) is 6.83. The van der Waals surface area contributed by atoms with E-state index < -0.39 is 0 Å². The number of rotatable bonds is 6. The average molecular weight is 311 g/mol. The monoisotopic (exact) mass is 310 g/mol. The second-order valence-electron chi connectivity index (χ2n) is 5.54. The van der Waals surface area contributed by atoms with Gasteiger partial charge >= 0.3 is 0 Å². The molecule has 1 aromatic carbocycles. The van der Waals surface area contributed by atoms with E-state index in [1.165, 1.54) is 24.9 Å². The number of hydrogen-bond donors (Lipinski definition) is 1. The molecule has 1 aromatic rings. The largest absolute Gasteiger partial charge is 0.329 e. The third-order valence-electron chi connectivity index (χ3n) is 3.71. The lowest BCUT2D eigenvalue weighted by Crippen LogP contribution is -2.40. The van der Waals surface area contributed by atoms with Crippen LogP contribution in [-0.4, -0.2) is 24.0 Å². The predicted octanol–water partition coefficient (Wildman–Crippen LogP) is 3.57. The third-order valence-corrected chi connectivity index (χ3v) is 4.24. The average Bonchev–Trinajstić information content (AvgIpc) is 3.15. The molecule has 1 aliphatic carbocycles. The highest BCUT2D eigenvalue weighted by Crippen LogP contribution is 2.33. The number of nitrogens with two attached hydrogens (primary N) is 1. The van der Waals surface area contributed by atoms with E-state index in [4.69, 9.17) is 5.73 Å². The summed E-state index contributed by atoms with van der Waals surface area (Å²) in [6, 6.07) is 9.47. The molecule has 1 fully saturated rings. The van der Waals surface area contributed by atoms with Crippen molar-refractivity contribution >= 4 is 15.9 Å². The van der Waals surface area contributed by atoms with Crippen LogP contribution in [0, 0.1) is 5.92 Å². The molecule has 0 radical (unpaired) electrons. The van der Waals surface area contributed by atoms with E-state index in [1.54, 1.807) is 0 Å². The molecule has 1 saturated carbocycles. The van der Waals surface area contributed by atoms with E-state index in [1.807, 2.05) is 0 Å². The lowest BCUT2D eigenvalue weighted by atomic mass is 10.0. The van der Waals surface area contributed by atoms with Crippen LogP contribution in [0.1, 0.15) is 38.3 Å². The molecule has 0 saturated heterocycles. The quantitative estimate of drug-likeness (QED) is 0.870. The molecular formula is C15H23BrN2. The summed E-state index contributed by atoms with van der Waals surface area (Å²) in [6.07, 6.45) is 2.78. The van der Waals surface area contributed by atoms with Crippen LogP contribution in [0.25, 0.3) is 0 Å². The van der Waals surface area contributed by atoms with Crippen LogP contribution < -0.4 is 5.73 Å². The molecule has 3 heteroatoms. The Balaban J connectivity index is 2.15. The van der Waals surface area contributed by atoms with Crippen LogP contribution in [0.3, 0.4) is 0 Å². The topological polar surface area (TPSA) is 29.3 Å². The maximum atomic E-state index is 6.02. The summed E-state index contributed by atoms with van der Waals surface area (Å²) in [6.45, 7) is 6.41. The Hall–Kier alpha value is -0.380. The molecular weight excluding hydrogens is 288 g/mol. The van der Waals surface area contributed by atoms with E-state index in [9.17, 15) is 0 Å². The minimum atomic E-state index is 0.346. The van der Waals surface area contributed by atoms with Crippen LogP contribution in [0.4, 0.5) is 0 Å². The highest BCUT2D eigenvalue weighted by Gasteiger charge is 2.29. The zero-order valence-corrected chi connectivity index (χ0v) is 12.9. The minimum Gasteiger partial charge on any atom is -0.329 e. The highest BCUT2D eigenvalue weighted by atomic mass is 79.9. The standard InChI is InChI=1S/C15H23BrN2/c1-11(2)18(10-12-3-4-12)15(9-17)13-5-7-14(16)8-6-13/h5-8,11-12,15H,3-4,9-10,17H2,1-2H3. The van der Waals surface area contributed by atoms with Crippen LogP contribution in [-0.2, 0) is 0 Å². The van der Waals surface area contributed by atoms with E-state index in [0.29, 0.717) is 18.6 Å². The van der Waals surface area contributed by atoms with E-state index in [2.05, 4.69) is 58.9 Å². The molecule has 1 aliphatic rings. The molecule has 0 spiro atoms. The Morgan fingerprint density at radius 3 is 2.33 bits per heavy atom. The van der Waals surface area contributed by atoms with Crippen molar-refractivity contribution in [2.45, 2.75) is 38.8 Å². The molecule has 18 heavy (non-hydrogen) atoms. The molecule has 1 atom stereocenters. The zero-order valence-electron chi connectivity index (χ0n) is 11.3. The maximum absolute atomic E-state index is 6.02. The van der Waals surface area contributed by atoms with E-state index in [-0.39, 0.29) is 0 Å². The predicted molar refractivity (Wildman–Crippen MR) is 80.5 cm³/mol. The Kier molecular flexibility index (Phi) is 4.82. The summed E-state index contributed by atoms with van der Waals surface area (Å²) < 4.78 is 1.13. The fourth-order valence-electron chi connectivity index (χ4n) is 2.44. The molecule has 100 valence electrons. The van der Waals surface area contributed by atoms with Gasteiger partial charge in [-0.3, -0.25) is 4.90 Å².